The van der Waals surface area contributed by atoms with Crippen LogP contribution in [0.25, 0.3) is 0 Å². The number of rotatable bonds is 5. The molecule has 0 spiro atoms. The lowest BCUT2D eigenvalue weighted by molar-refractivity contribution is 0.0977. The summed E-state index contributed by atoms with van der Waals surface area (Å²) in [6.45, 7) is 5.64. The lowest BCUT2D eigenvalue weighted by Crippen LogP contribution is -2.36. The largest absolute Gasteiger partial charge is 0.497 e. The zero-order valence-electron chi connectivity index (χ0n) is 18.2. The van der Waals surface area contributed by atoms with Crippen molar-refractivity contribution in [2.75, 3.05) is 19.5 Å². The molecule has 3 aromatic rings. The van der Waals surface area contributed by atoms with Crippen LogP contribution in [-0.4, -0.2) is 36.1 Å². The van der Waals surface area contributed by atoms with Crippen molar-refractivity contribution in [3.8, 4) is 11.5 Å². The number of nitrogens with zero attached hydrogens (tertiary/aromatic N) is 3. The molecule has 0 fully saturated rings. The molecule has 1 heterocycles. The summed E-state index contributed by atoms with van der Waals surface area (Å²) in [4.78, 5) is 26.0. The van der Waals surface area contributed by atoms with Crippen LogP contribution in [0.2, 0.25) is 0 Å². The van der Waals surface area contributed by atoms with E-state index in [-0.39, 0.29) is 17.8 Å². The highest BCUT2D eigenvalue weighted by atomic mass is 16.5. The quantitative estimate of drug-likeness (QED) is 0.480. The lowest BCUT2D eigenvalue weighted by Gasteiger charge is -2.15. The molecule has 31 heavy (non-hydrogen) atoms. The molecule has 3 rings (SSSR count). The third-order valence-corrected chi connectivity index (χ3v) is 4.35. The van der Waals surface area contributed by atoms with E-state index in [1.807, 2.05) is 39.0 Å². The molecular weight excluding hydrogens is 394 g/mol. The first kappa shape index (κ1) is 21.8. The number of ether oxygens (including phenoxy) is 2. The number of hydrogen-bond donors (Lipinski definition) is 2. The van der Waals surface area contributed by atoms with Gasteiger partial charge in [-0.25, -0.2) is 9.97 Å². The molecule has 0 bridgehead atoms. The summed E-state index contributed by atoms with van der Waals surface area (Å²) in [6.07, 6.45) is 0. The number of nitrogens with one attached hydrogen (secondary N) is 2. The van der Waals surface area contributed by atoms with Crippen LogP contribution < -0.4 is 20.1 Å². The standard InChI is InChI=1S/C23H25N5O3/c1-14-7-6-8-17(11-14)21(29)27-23(28-22-24-15(2)12-16(3)25-22)26-19-13-18(30-4)9-10-20(19)31-5/h6-13H,1-5H3,(H2,24,25,26,27,28,29). The Labute approximate surface area is 181 Å². The summed E-state index contributed by atoms with van der Waals surface area (Å²) >= 11 is 0. The van der Waals surface area contributed by atoms with Crippen LogP contribution in [-0.2, 0) is 0 Å². The van der Waals surface area contributed by atoms with Crippen molar-refractivity contribution in [1.82, 2.24) is 15.3 Å². The molecular formula is C23H25N5O3. The molecule has 0 radical (unpaired) electrons. The third kappa shape index (κ3) is 5.79. The number of amides is 1. The van der Waals surface area contributed by atoms with Crippen LogP contribution in [0.5, 0.6) is 11.5 Å². The number of carbonyl (C=O) groups excluding carboxylic acids is 1. The lowest BCUT2D eigenvalue weighted by atomic mass is 10.1. The fourth-order valence-electron chi connectivity index (χ4n) is 2.95. The van der Waals surface area contributed by atoms with Gasteiger partial charge in [-0.3, -0.25) is 10.1 Å². The number of anilines is 1. The molecule has 2 N–H and O–H groups in total. The van der Waals surface area contributed by atoms with Gasteiger partial charge in [0.15, 0.2) is 0 Å². The zero-order valence-corrected chi connectivity index (χ0v) is 18.2. The van der Waals surface area contributed by atoms with E-state index in [0.29, 0.717) is 22.7 Å². The maximum absolute atomic E-state index is 12.9. The Morgan fingerprint density at radius 2 is 1.68 bits per heavy atom. The normalized spacial score (nSPS) is 11.1. The van der Waals surface area contributed by atoms with Crippen molar-refractivity contribution in [1.29, 1.82) is 0 Å². The average Bonchev–Trinajstić information content (AvgIpc) is 2.72. The van der Waals surface area contributed by atoms with E-state index >= 15 is 0 Å². The third-order valence-electron chi connectivity index (χ3n) is 4.35. The maximum Gasteiger partial charge on any atom is 0.257 e. The van der Waals surface area contributed by atoms with Gasteiger partial charge in [-0.2, -0.15) is 4.99 Å². The molecule has 2 aromatic carbocycles. The Bertz CT molecular complexity index is 1110. The Morgan fingerprint density at radius 3 is 2.32 bits per heavy atom. The Hall–Kier alpha value is -3.94. The predicted octanol–water partition coefficient (Wildman–Crippen LogP) is 3.95. The van der Waals surface area contributed by atoms with Crippen LogP contribution >= 0.6 is 0 Å². The number of aromatic nitrogens is 2. The van der Waals surface area contributed by atoms with Crippen molar-refractivity contribution in [3.63, 3.8) is 0 Å². The Morgan fingerprint density at radius 1 is 0.935 bits per heavy atom. The molecule has 8 heteroatoms. The molecule has 0 aliphatic heterocycles. The van der Waals surface area contributed by atoms with Gasteiger partial charge in [-0.05, 0) is 51.1 Å². The topological polar surface area (TPSA) is 97.7 Å². The second-order valence-corrected chi connectivity index (χ2v) is 6.93. The number of methoxy groups -OCH3 is 2. The maximum atomic E-state index is 12.9. The molecule has 0 saturated carbocycles. The number of benzene rings is 2. The minimum absolute atomic E-state index is 0.156. The summed E-state index contributed by atoms with van der Waals surface area (Å²) < 4.78 is 10.7. The van der Waals surface area contributed by atoms with Gasteiger partial charge in [0.05, 0.1) is 19.9 Å². The number of aliphatic imine (C=N–C) groups is 1. The van der Waals surface area contributed by atoms with E-state index in [1.54, 1.807) is 44.6 Å². The van der Waals surface area contributed by atoms with E-state index in [0.717, 1.165) is 17.0 Å². The highest BCUT2D eigenvalue weighted by Gasteiger charge is 2.14. The summed E-state index contributed by atoms with van der Waals surface area (Å²) in [5.74, 6) is 1.24. The molecule has 0 saturated heterocycles. The average molecular weight is 419 g/mol. The Balaban J connectivity index is 2.00. The number of carbonyl (C=O) groups is 1. The smallest absolute Gasteiger partial charge is 0.257 e. The Kier molecular flexibility index (Phi) is 6.81. The molecule has 1 amide bonds. The van der Waals surface area contributed by atoms with Gasteiger partial charge in [-0.1, -0.05) is 17.7 Å². The second kappa shape index (κ2) is 9.71. The van der Waals surface area contributed by atoms with E-state index in [2.05, 4.69) is 25.6 Å². The van der Waals surface area contributed by atoms with E-state index in [4.69, 9.17) is 9.47 Å². The summed E-state index contributed by atoms with van der Waals surface area (Å²) in [5.41, 5.74) is 3.60. The monoisotopic (exact) mass is 419 g/mol. The van der Waals surface area contributed by atoms with Crippen LogP contribution in [0, 0.1) is 20.8 Å². The van der Waals surface area contributed by atoms with Gasteiger partial charge in [0, 0.05) is 23.0 Å². The molecule has 0 aliphatic rings. The predicted molar refractivity (Wildman–Crippen MR) is 120 cm³/mol. The fourth-order valence-corrected chi connectivity index (χ4v) is 2.95. The highest BCUT2D eigenvalue weighted by Crippen LogP contribution is 2.29. The van der Waals surface area contributed by atoms with Crippen molar-refractivity contribution >= 4 is 23.5 Å². The van der Waals surface area contributed by atoms with Gasteiger partial charge in [-0.15, -0.1) is 0 Å². The van der Waals surface area contributed by atoms with Crippen LogP contribution in [0.1, 0.15) is 27.3 Å². The number of hydrogen-bond acceptors (Lipinski definition) is 6. The van der Waals surface area contributed by atoms with Gasteiger partial charge >= 0.3 is 0 Å². The molecule has 0 atom stereocenters. The van der Waals surface area contributed by atoms with Crippen molar-refractivity contribution in [2.45, 2.75) is 20.8 Å². The summed E-state index contributed by atoms with van der Waals surface area (Å²) in [7, 11) is 3.13. The number of aryl methyl sites for hydroxylation is 3. The van der Waals surface area contributed by atoms with Gasteiger partial charge in [0.25, 0.3) is 11.9 Å². The second-order valence-electron chi connectivity index (χ2n) is 6.93. The van der Waals surface area contributed by atoms with Crippen LogP contribution in [0.15, 0.2) is 53.5 Å². The van der Waals surface area contributed by atoms with Gasteiger partial charge in [0.2, 0.25) is 5.96 Å². The molecule has 160 valence electrons. The minimum Gasteiger partial charge on any atom is -0.497 e. The number of guanidine groups is 1. The first-order valence-corrected chi connectivity index (χ1v) is 9.66. The van der Waals surface area contributed by atoms with E-state index < -0.39 is 0 Å². The molecule has 0 aliphatic carbocycles. The summed E-state index contributed by atoms with van der Waals surface area (Å²) in [6, 6.07) is 14.4. The van der Waals surface area contributed by atoms with Gasteiger partial charge in [0.1, 0.15) is 11.5 Å². The zero-order chi connectivity index (χ0) is 22.4. The van der Waals surface area contributed by atoms with Crippen molar-refractivity contribution < 1.29 is 14.3 Å². The molecule has 1 aromatic heterocycles. The SMILES string of the molecule is COc1ccc(OC)c(N/C(=N\c2nc(C)cc(C)n2)NC(=O)c2cccc(C)c2)c1. The van der Waals surface area contributed by atoms with Gasteiger partial charge < -0.3 is 14.8 Å². The molecule has 8 nitrogen and oxygen atoms in total. The van der Waals surface area contributed by atoms with Crippen LogP contribution in [0.4, 0.5) is 11.6 Å². The minimum atomic E-state index is -0.318. The van der Waals surface area contributed by atoms with Crippen molar-refractivity contribution in [2.24, 2.45) is 4.99 Å². The van der Waals surface area contributed by atoms with Crippen molar-refractivity contribution in [3.05, 3.63) is 71.0 Å². The van der Waals surface area contributed by atoms with E-state index in [1.165, 1.54) is 0 Å². The van der Waals surface area contributed by atoms with Crippen LogP contribution in [0.3, 0.4) is 0 Å². The summed E-state index contributed by atoms with van der Waals surface area (Å²) in [5, 5.41) is 5.92. The first-order valence-electron chi connectivity index (χ1n) is 9.66. The first-order chi connectivity index (χ1) is 14.9. The fraction of sp³-hybridized carbons (Fsp3) is 0.217. The molecule has 0 unspecified atom stereocenters. The highest BCUT2D eigenvalue weighted by molar-refractivity contribution is 6.10. The van der Waals surface area contributed by atoms with E-state index in [9.17, 15) is 4.79 Å².